The van der Waals surface area contributed by atoms with E-state index in [1.54, 1.807) is 6.20 Å². The zero-order valence-corrected chi connectivity index (χ0v) is 8.81. The monoisotopic (exact) mass is 196 g/mol. The van der Waals surface area contributed by atoms with E-state index in [0.29, 0.717) is 11.0 Å². The molecule has 3 nitrogen and oxygen atoms in total. The van der Waals surface area contributed by atoms with E-state index in [2.05, 4.69) is 25.8 Å². The second-order valence-corrected chi connectivity index (χ2v) is 4.61. The first-order chi connectivity index (χ1) is 6.04. The van der Waals surface area contributed by atoms with E-state index < -0.39 is 0 Å². The molecule has 1 rings (SSSR count). The van der Waals surface area contributed by atoms with Crippen molar-refractivity contribution in [1.29, 1.82) is 5.26 Å². The number of rotatable bonds is 2. The first kappa shape index (κ1) is 10.1. The summed E-state index contributed by atoms with van der Waals surface area (Å²) in [5.41, 5.74) is -0.0154. The van der Waals surface area contributed by atoms with Crippen LogP contribution in [0, 0.1) is 11.3 Å². The summed E-state index contributed by atoms with van der Waals surface area (Å²) in [6, 6.07) is 2.03. The van der Waals surface area contributed by atoms with Crippen molar-refractivity contribution >= 4 is 11.8 Å². The Morgan fingerprint density at radius 1 is 1.62 bits per heavy atom. The maximum atomic E-state index is 8.35. The van der Waals surface area contributed by atoms with Crippen molar-refractivity contribution in [1.82, 2.24) is 4.98 Å². The molecule has 0 aliphatic heterocycles. The molecule has 0 bridgehead atoms. The number of oxazole rings is 1. The first-order valence-corrected chi connectivity index (χ1v) is 4.98. The van der Waals surface area contributed by atoms with Gasteiger partial charge in [-0.05, 0) is 0 Å². The van der Waals surface area contributed by atoms with Crippen molar-refractivity contribution in [2.24, 2.45) is 0 Å². The van der Waals surface area contributed by atoms with Crippen molar-refractivity contribution in [3.8, 4) is 6.07 Å². The topological polar surface area (TPSA) is 49.8 Å². The summed E-state index contributed by atoms with van der Waals surface area (Å²) in [5.74, 6) is 1.23. The number of nitrogens with zero attached hydrogens (tertiary/aromatic N) is 2. The fourth-order valence-electron chi connectivity index (χ4n) is 0.766. The largest absolute Gasteiger partial charge is 0.436 e. The number of thioether (sulfide) groups is 1. The molecule has 13 heavy (non-hydrogen) atoms. The average molecular weight is 196 g/mol. The lowest BCUT2D eigenvalue weighted by molar-refractivity contribution is 0.355. The molecule has 0 radical (unpaired) electrons. The van der Waals surface area contributed by atoms with Crippen molar-refractivity contribution in [2.75, 3.05) is 5.75 Å². The standard InChI is InChI=1S/C9H12N2OS/c1-9(2,3)7-6-11-8(12-7)13-5-4-10/h6H,5H2,1-3H3. The van der Waals surface area contributed by atoms with Gasteiger partial charge in [-0.3, -0.25) is 0 Å². The molecule has 1 heterocycles. The summed E-state index contributed by atoms with van der Waals surface area (Å²) in [5, 5.41) is 8.93. The van der Waals surface area contributed by atoms with Gasteiger partial charge in [-0.2, -0.15) is 5.26 Å². The summed E-state index contributed by atoms with van der Waals surface area (Å²) in [7, 11) is 0. The van der Waals surface area contributed by atoms with Crippen molar-refractivity contribution in [3.05, 3.63) is 12.0 Å². The predicted octanol–water partition coefficient (Wildman–Crippen LogP) is 2.59. The van der Waals surface area contributed by atoms with Crippen molar-refractivity contribution in [2.45, 2.75) is 31.4 Å². The summed E-state index contributed by atoms with van der Waals surface area (Å²) >= 11 is 1.32. The maximum Gasteiger partial charge on any atom is 0.256 e. The predicted molar refractivity (Wildman–Crippen MR) is 51.5 cm³/mol. The molecule has 1 aromatic rings. The number of nitriles is 1. The molecule has 0 aromatic carbocycles. The van der Waals surface area contributed by atoms with Crippen molar-refractivity contribution < 1.29 is 4.42 Å². The Labute approximate surface area is 82.2 Å². The molecule has 0 saturated heterocycles. The fourth-order valence-corrected chi connectivity index (χ4v) is 1.23. The van der Waals surface area contributed by atoms with Crippen LogP contribution in [0.1, 0.15) is 26.5 Å². The van der Waals surface area contributed by atoms with Crippen LogP contribution in [0.4, 0.5) is 0 Å². The third kappa shape index (κ3) is 2.78. The zero-order chi connectivity index (χ0) is 9.90. The fraction of sp³-hybridized carbons (Fsp3) is 0.556. The van der Waals surface area contributed by atoms with E-state index in [-0.39, 0.29) is 5.41 Å². The summed E-state index contributed by atoms with van der Waals surface area (Å²) < 4.78 is 5.45. The van der Waals surface area contributed by atoms with Crippen LogP contribution in [-0.2, 0) is 5.41 Å². The molecule has 1 aromatic heterocycles. The molecule has 0 aliphatic rings. The maximum absolute atomic E-state index is 8.35. The minimum absolute atomic E-state index is 0.0154. The number of aromatic nitrogens is 1. The Morgan fingerprint density at radius 3 is 2.77 bits per heavy atom. The third-order valence-electron chi connectivity index (χ3n) is 1.48. The van der Waals surface area contributed by atoms with Crippen molar-refractivity contribution in [3.63, 3.8) is 0 Å². The Bertz CT molecular complexity index is 319. The minimum atomic E-state index is -0.0154. The van der Waals surface area contributed by atoms with E-state index in [9.17, 15) is 0 Å². The third-order valence-corrected chi connectivity index (χ3v) is 2.19. The SMILES string of the molecule is CC(C)(C)c1cnc(SCC#N)o1. The van der Waals surface area contributed by atoms with Gasteiger partial charge in [0.1, 0.15) is 5.76 Å². The Kier molecular flexibility index (Phi) is 2.99. The minimum Gasteiger partial charge on any atom is -0.436 e. The number of hydrogen-bond donors (Lipinski definition) is 0. The lowest BCUT2D eigenvalue weighted by Gasteiger charge is -2.12. The quantitative estimate of drug-likeness (QED) is 0.682. The lowest BCUT2D eigenvalue weighted by Crippen LogP contribution is -2.09. The Balaban J connectivity index is 2.71. The van der Waals surface area contributed by atoms with Gasteiger partial charge in [0.05, 0.1) is 18.0 Å². The Morgan fingerprint density at radius 2 is 2.31 bits per heavy atom. The van der Waals surface area contributed by atoms with E-state index in [0.717, 1.165) is 5.76 Å². The van der Waals surface area contributed by atoms with Gasteiger partial charge in [-0.25, -0.2) is 4.98 Å². The average Bonchev–Trinajstić information content (AvgIpc) is 2.47. The van der Waals surface area contributed by atoms with Crippen LogP contribution in [0.15, 0.2) is 15.8 Å². The van der Waals surface area contributed by atoms with Gasteiger partial charge >= 0.3 is 0 Å². The summed E-state index contributed by atoms with van der Waals surface area (Å²) in [6.45, 7) is 6.19. The molecule has 0 amide bonds. The number of hydrogen-bond acceptors (Lipinski definition) is 4. The molecule has 0 atom stereocenters. The summed E-state index contributed by atoms with van der Waals surface area (Å²) in [4.78, 5) is 4.07. The molecule has 0 aliphatic carbocycles. The lowest BCUT2D eigenvalue weighted by atomic mass is 9.94. The van der Waals surface area contributed by atoms with Crippen LogP contribution < -0.4 is 0 Å². The van der Waals surface area contributed by atoms with Gasteiger partial charge in [0, 0.05) is 5.41 Å². The zero-order valence-electron chi connectivity index (χ0n) is 8.00. The van der Waals surface area contributed by atoms with E-state index >= 15 is 0 Å². The molecule has 0 unspecified atom stereocenters. The van der Waals surface area contributed by atoms with Gasteiger partial charge < -0.3 is 4.42 Å². The molecule has 4 heteroatoms. The van der Waals surface area contributed by atoms with E-state index in [4.69, 9.17) is 9.68 Å². The molecule has 0 N–H and O–H groups in total. The van der Waals surface area contributed by atoms with Crippen LogP contribution in [0.3, 0.4) is 0 Å². The second-order valence-electron chi connectivity index (χ2n) is 3.69. The first-order valence-electron chi connectivity index (χ1n) is 4.00. The highest BCUT2D eigenvalue weighted by Gasteiger charge is 2.19. The van der Waals surface area contributed by atoms with Gasteiger partial charge in [0.15, 0.2) is 0 Å². The highest BCUT2D eigenvalue weighted by molar-refractivity contribution is 7.99. The van der Waals surface area contributed by atoms with Gasteiger partial charge in [-0.1, -0.05) is 32.5 Å². The highest BCUT2D eigenvalue weighted by Crippen LogP contribution is 2.26. The van der Waals surface area contributed by atoms with Crippen LogP contribution in [0.25, 0.3) is 0 Å². The van der Waals surface area contributed by atoms with Crippen LogP contribution >= 0.6 is 11.8 Å². The smallest absolute Gasteiger partial charge is 0.256 e. The molecular weight excluding hydrogens is 184 g/mol. The van der Waals surface area contributed by atoms with Crippen LogP contribution in [0.5, 0.6) is 0 Å². The van der Waals surface area contributed by atoms with Gasteiger partial charge in [0.2, 0.25) is 0 Å². The highest BCUT2D eigenvalue weighted by atomic mass is 32.2. The van der Waals surface area contributed by atoms with Gasteiger partial charge in [-0.15, -0.1) is 0 Å². The molecule has 0 fully saturated rings. The molecule has 0 spiro atoms. The van der Waals surface area contributed by atoms with E-state index in [1.165, 1.54) is 11.8 Å². The molecule has 70 valence electrons. The molecular formula is C9H12N2OS. The van der Waals surface area contributed by atoms with Crippen LogP contribution in [-0.4, -0.2) is 10.7 Å². The second kappa shape index (κ2) is 3.84. The van der Waals surface area contributed by atoms with E-state index in [1.807, 2.05) is 6.07 Å². The Hall–Kier alpha value is -0.950. The summed E-state index contributed by atoms with van der Waals surface area (Å²) in [6.07, 6.45) is 1.72. The van der Waals surface area contributed by atoms with Gasteiger partial charge in [0.25, 0.3) is 5.22 Å². The molecule has 0 saturated carbocycles. The van der Waals surface area contributed by atoms with Crippen LogP contribution in [0.2, 0.25) is 0 Å². The normalized spacial score (nSPS) is 11.2.